The third kappa shape index (κ3) is 4.13. The smallest absolute Gasteiger partial charge is 0.252 e. The molecule has 0 aromatic heterocycles. The molecule has 2 aromatic rings. The normalized spacial score (nSPS) is 20.4. The number of carbonyl (C=O) groups is 1. The van der Waals surface area contributed by atoms with E-state index in [0.717, 1.165) is 16.3 Å². The lowest BCUT2D eigenvalue weighted by Crippen LogP contribution is -2.34. The summed E-state index contributed by atoms with van der Waals surface area (Å²) in [5.41, 5.74) is 0.668. The maximum Gasteiger partial charge on any atom is 0.252 e. The minimum atomic E-state index is -0.385. The van der Waals surface area contributed by atoms with Crippen LogP contribution >= 0.6 is 11.8 Å². The molecule has 3 rings (SSSR count). The second-order valence-corrected chi connectivity index (χ2v) is 6.72. The maximum atomic E-state index is 12.5. The maximum absolute atomic E-state index is 12.5. The van der Waals surface area contributed by atoms with Gasteiger partial charge in [0.15, 0.2) is 0 Å². The highest BCUT2D eigenvalue weighted by molar-refractivity contribution is 7.99. The molecule has 4 nitrogen and oxygen atoms in total. The summed E-state index contributed by atoms with van der Waals surface area (Å²) >= 11 is 1.58. The number of aliphatic hydroxyl groups is 1. The highest BCUT2D eigenvalue weighted by Gasteiger charge is 2.25. The summed E-state index contributed by atoms with van der Waals surface area (Å²) in [6.07, 6.45) is -0.385. The molecule has 1 saturated heterocycles. The minimum absolute atomic E-state index is 0.0767. The zero-order valence-electron chi connectivity index (χ0n) is 12.7. The Bertz CT molecular complexity index is 663. The van der Waals surface area contributed by atoms with E-state index in [1.165, 1.54) is 0 Å². The van der Waals surface area contributed by atoms with E-state index < -0.39 is 0 Å². The first-order chi connectivity index (χ1) is 11.2. The van der Waals surface area contributed by atoms with Crippen molar-refractivity contribution in [2.24, 2.45) is 5.92 Å². The van der Waals surface area contributed by atoms with Crippen LogP contribution < -0.4 is 10.6 Å². The number of rotatable bonds is 5. The molecule has 3 N–H and O–H groups in total. The summed E-state index contributed by atoms with van der Waals surface area (Å²) < 4.78 is 0. The number of aliphatic hydroxyl groups excluding tert-OH is 1. The van der Waals surface area contributed by atoms with Gasteiger partial charge in [-0.2, -0.15) is 0 Å². The summed E-state index contributed by atoms with van der Waals surface area (Å²) in [7, 11) is 0. The number of hydrogen-bond acceptors (Lipinski definition) is 4. The number of β-amino-alcohol motifs (C(OH)–C–C–N with tert-alkyl or cyclic N) is 1. The van der Waals surface area contributed by atoms with Gasteiger partial charge >= 0.3 is 0 Å². The SMILES string of the molecule is O=C(NCC1CNCC1O)c1ccccc1Sc1ccccc1. The molecule has 1 fully saturated rings. The van der Waals surface area contributed by atoms with E-state index in [0.29, 0.717) is 18.7 Å². The molecule has 1 amide bonds. The first-order valence-electron chi connectivity index (χ1n) is 7.73. The summed E-state index contributed by atoms with van der Waals surface area (Å²) in [6.45, 7) is 1.82. The Morgan fingerprint density at radius 1 is 1.13 bits per heavy atom. The van der Waals surface area contributed by atoms with Crippen molar-refractivity contribution >= 4 is 17.7 Å². The summed E-state index contributed by atoms with van der Waals surface area (Å²) in [4.78, 5) is 14.5. The quantitative estimate of drug-likeness (QED) is 0.787. The Hall–Kier alpha value is -1.82. The van der Waals surface area contributed by atoms with Crippen LogP contribution in [0.3, 0.4) is 0 Å². The van der Waals surface area contributed by atoms with Crippen molar-refractivity contribution in [3.8, 4) is 0 Å². The van der Waals surface area contributed by atoms with Crippen LogP contribution in [0.15, 0.2) is 64.4 Å². The molecule has 0 radical (unpaired) electrons. The fourth-order valence-corrected chi connectivity index (χ4v) is 3.57. The van der Waals surface area contributed by atoms with E-state index >= 15 is 0 Å². The van der Waals surface area contributed by atoms with Gasteiger partial charge in [-0.05, 0) is 24.3 Å². The molecule has 23 heavy (non-hydrogen) atoms. The van der Waals surface area contributed by atoms with Crippen molar-refractivity contribution in [1.29, 1.82) is 0 Å². The van der Waals surface area contributed by atoms with E-state index in [2.05, 4.69) is 10.6 Å². The van der Waals surface area contributed by atoms with Crippen molar-refractivity contribution in [2.75, 3.05) is 19.6 Å². The Kier molecular flexibility index (Phi) is 5.33. The molecule has 1 heterocycles. The number of carbonyl (C=O) groups excluding carboxylic acids is 1. The number of hydrogen-bond donors (Lipinski definition) is 3. The first-order valence-corrected chi connectivity index (χ1v) is 8.54. The second-order valence-electron chi connectivity index (χ2n) is 5.61. The Labute approximate surface area is 140 Å². The molecule has 2 atom stereocenters. The summed E-state index contributed by atoms with van der Waals surface area (Å²) in [6, 6.07) is 17.6. The predicted molar refractivity (Wildman–Crippen MR) is 91.7 cm³/mol. The van der Waals surface area contributed by atoms with Crippen LogP contribution in [0.5, 0.6) is 0 Å². The van der Waals surface area contributed by atoms with Crippen LogP contribution in [0.25, 0.3) is 0 Å². The number of nitrogens with one attached hydrogen (secondary N) is 2. The average molecular weight is 328 g/mol. The predicted octanol–water partition coefficient (Wildman–Crippen LogP) is 2.15. The molecule has 120 valence electrons. The summed E-state index contributed by atoms with van der Waals surface area (Å²) in [5, 5.41) is 15.9. The van der Waals surface area contributed by atoms with E-state index in [-0.39, 0.29) is 17.9 Å². The van der Waals surface area contributed by atoms with Gasteiger partial charge in [-0.1, -0.05) is 42.1 Å². The van der Waals surface area contributed by atoms with Gasteiger partial charge in [0.2, 0.25) is 0 Å². The Morgan fingerprint density at radius 2 is 1.87 bits per heavy atom. The molecular formula is C18H20N2O2S. The van der Waals surface area contributed by atoms with Crippen molar-refractivity contribution in [3.05, 3.63) is 60.2 Å². The molecule has 0 saturated carbocycles. The van der Waals surface area contributed by atoms with Crippen molar-refractivity contribution in [3.63, 3.8) is 0 Å². The van der Waals surface area contributed by atoms with Crippen LogP contribution in [-0.2, 0) is 0 Å². The van der Waals surface area contributed by atoms with Crippen LogP contribution in [0.2, 0.25) is 0 Å². The van der Waals surface area contributed by atoms with Crippen LogP contribution in [0, 0.1) is 5.92 Å². The molecule has 1 aliphatic rings. The molecule has 0 spiro atoms. The van der Waals surface area contributed by atoms with Gasteiger partial charge < -0.3 is 15.7 Å². The largest absolute Gasteiger partial charge is 0.391 e. The van der Waals surface area contributed by atoms with Gasteiger partial charge in [0.25, 0.3) is 5.91 Å². The number of amides is 1. The highest BCUT2D eigenvalue weighted by Crippen LogP contribution is 2.30. The molecule has 5 heteroatoms. The zero-order chi connectivity index (χ0) is 16.1. The molecule has 0 bridgehead atoms. The van der Waals surface area contributed by atoms with Gasteiger partial charge in [-0.15, -0.1) is 0 Å². The standard InChI is InChI=1S/C18H20N2O2S/c21-16-12-19-10-13(16)11-20-18(22)15-8-4-5-9-17(15)23-14-6-2-1-3-7-14/h1-9,13,16,19,21H,10-12H2,(H,20,22). The Morgan fingerprint density at radius 3 is 2.61 bits per heavy atom. The fraction of sp³-hybridized carbons (Fsp3) is 0.278. The lowest BCUT2D eigenvalue weighted by atomic mass is 10.1. The van der Waals surface area contributed by atoms with Crippen molar-refractivity contribution in [2.45, 2.75) is 15.9 Å². The van der Waals surface area contributed by atoms with Crippen LogP contribution in [0.1, 0.15) is 10.4 Å². The third-order valence-corrected chi connectivity index (χ3v) is 5.02. The molecule has 2 aromatic carbocycles. The van der Waals surface area contributed by atoms with Crippen molar-refractivity contribution in [1.82, 2.24) is 10.6 Å². The van der Waals surface area contributed by atoms with Crippen LogP contribution in [0.4, 0.5) is 0 Å². The highest BCUT2D eigenvalue weighted by atomic mass is 32.2. The van der Waals surface area contributed by atoms with Gasteiger partial charge in [0.05, 0.1) is 11.7 Å². The van der Waals surface area contributed by atoms with E-state index in [9.17, 15) is 9.90 Å². The minimum Gasteiger partial charge on any atom is -0.391 e. The van der Waals surface area contributed by atoms with E-state index in [1.807, 2.05) is 54.6 Å². The summed E-state index contributed by atoms with van der Waals surface area (Å²) in [5.74, 6) is -0.0176. The topological polar surface area (TPSA) is 61.4 Å². The van der Waals surface area contributed by atoms with Gasteiger partial charge in [-0.3, -0.25) is 4.79 Å². The van der Waals surface area contributed by atoms with Gasteiger partial charge in [0, 0.05) is 35.3 Å². The average Bonchev–Trinajstić information content (AvgIpc) is 2.99. The first kappa shape index (κ1) is 16.1. The monoisotopic (exact) mass is 328 g/mol. The fourth-order valence-electron chi connectivity index (χ4n) is 2.61. The molecule has 0 aliphatic carbocycles. The molecule has 2 unspecified atom stereocenters. The lowest BCUT2D eigenvalue weighted by Gasteiger charge is -2.15. The Balaban J connectivity index is 1.68. The zero-order valence-corrected chi connectivity index (χ0v) is 13.6. The molecular weight excluding hydrogens is 308 g/mol. The van der Waals surface area contributed by atoms with Crippen LogP contribution in [-0.4, -0.2) is 36.8 Å². The van der Waals surface area contributed by atoms with E-state index in [4.69, 9.17) is 0 Å². The van der Waals surface area contributed by atoms with E-state index in [1.54, 1.807) is 11.8 Å². The van der Waals surface area contributed by atoms with Gasteiger partial charge in [0.1, 0.15) is 0 Å². The van der Waals surface area contributed by atoms with Gasteiger partial charge in [-0.25, -0.2) is 0 Å². The molecule has 1 aliphatic heterocycles. The number of benzene rings is 2. The van der Waals surface area contributed by atoms with Crippen molar-refractivity contribution < 1.29 is 9.90 Å². The second kappa shape index (κ2) is 7.64. The lowest BCUT2D eigenvalue weighted by molar-refractivity contribution is 0.0924. The third-order valence-electron chi connectivity index (χ3n) is 3.93.